The van der Waals surface area contributed by atoms with Crippen molar-refractivity contribution in [3.63, 3.8) is 0 Å². The van der Waals surface area contributed by atoms with Crippen LogP contribution in [0.15, 0.2) is 18.2 Å². The van der Waals surface area contributed by atoms with Gasteiger partial charge in [-0.15, -0.1) is 0 Å². The highest BCUT2D eigenvalue weighted by atomic mass is 19.1. The minimum atomic E-state index is -0.740. The molecule has 15 heavy (non-hydrogen) atoms. The molecule has 2 nitrogen and oxygen atoms in total. The van der Waals surface area contributed by atoms with E-state index in [-0.39, 0.29) is 5.56 Å². The summed E-state index contributed by atoms with van der Waals surface area (Å²) in [5.74, 6) is -1.92. The Hall–Kier alpha value is -1.45. The highest BCUT2D eigenvalue weighted by Gasteiger charge is 2.07. The molecule has 0 spiro atoms. The highest BCUT2D eigenvalue weighted by molar-refractivity contribution is 5.94. The third-order valence-corrected chi connectivity index (χ3v) is 1.94. The van der Waals surface area contributed by atoms with Crippen LogP contribution >= 0.6 is 0 Å². The summed E-state index contributed by atoms with van der Waals surface area (Å²) in [5.41, 5.74) is 0.0172. The van der Waals surface area contributed by atoms with Crippen molar-refractivity contribution in [3.8, 4) is 0 Å². The lowest BCUT2D eigenvalue weighted by atomic mass is 10.2. The first-order valence-electron chi connectivity index (χ1n) is 4.87. The molecule has 1 N–H and O–H groups in total. The average molecular weight is 213 g/mol. The maximum Gasteiger partial charge on any atom is 0.251 e. The lowest BCUT2D eigenvalue weighted by Crippen LogP contribution is -2.24. The van der Waals surface area contributed by atoms with E-state index in [1.807, 2.05) is 6.92 Å². The first-order valence-corrected chi connectivity index (χ1v) is 4.87. The second-order valence-corrected chi connectivity index (χ2v) is 3.27. The first kappa shape index (κ1) is 11.6. The molecule has 0 aromatic heterocycles. The van der Waals surface area contributed by atoms with Crippen LogP contribution in [-0.4, -0.2) is 12.5 Å². The summed E-state index contributed by atoms with van der Waals surface area (Å²) >= 11 is 0. The van der Waals surface area contributed by atoms with Crippen molar-refractivity contribution >= 4 is 5.91 Å². The Kier molecular flexibility index (Phi) is 4.21. The number of carbonyl (C=O) groups excluding carboxylic acids is 1. The van der Waals surface area contributed by atoms with E-state index >= 15 is 0 Å². The Morgan fingerprint density at radius 2 is 1.87 bits per heavy atom. The van der Waals surface area contributed by atoms with Gasteiger partial charge in [-0.25, -0.2) is 8.78 Å². The Labute approximate surface area is 87.3 Å². The van der Waals surface area contributed by atoms with Gasteiger partial charge in [-0.2, -0.15) is 0 Å². The smallest absolute Gasteiger partial charge is 0.251 e. The van der Waals surface area contributed by atoms with Crippen molar-refractivity contribution < 1.29 is 13.6 Å². The summed E-state index contributed by atoms with van der Waals surface area (Å²) in [6, 6.07) is 2.78. The average Bonchev–Trinajstić information content (AvgIpc) is 2.16. The number of carbonyl (C=O) groups is 1. The SMILES string of the molecule is CCCCNC(=O)c1cc(F)cc(F)c1. The number of nitrogens with one attached hydrogen (secondary N) is 1. The Bertz CT molecular complexity index is 332. The maximum atomic E-state index is 12.8. The quantitative estimate of drug-likeness (QED) is 0.765. The molecule has 1 rings (SSSR count). The molecule has 1 amide bonds. The fourth-order valence-corrected chi connectivity index (χ4v) is 1.17. The normalized spacial score (nSPS) is 10.1. The second kappa shape index (κ2) is 5.44. The Morgan fingerprint density at radius 3 is 2.40 bits per heavy atom. The number of benzene rings is 1. The largest absolute Gasteiger partial charge is 0.352 e. The molecule has 0 aliphatic heterocycles. The van der Waals surface area contributed by atoms with E-state index in [2.05, 4.69) is 5.32 Å². The van der Waals surface area contributed by atoms with Gasteiger partial charge < -0.3 is 5.32 Å². The van der Waals surface area contributed by atoms with Crippen molar-refractivity contribution in [3.05, 3.63) is 35.4 Å². The van der Waals surface area contributed by atoms with Crippen molar-refractivity contribution in [2.45, 2.75) is 19.8 Å². The van der Waals surface area contributed by atoms with Gasteiger partial charge in [-0.05, 0) is 18.6 Å². The lowest BCUT2D eigenvalue weighted by Gasteiger charge is -2.04. The third kappa shape index (κ3) is 3.65. The first-order chi connectivity index (χ1) is 7.13. The summed E-state index contributed by atoms with van der Waals surface area (Å²) in [6.45, 7) is 2.52. The van der Waals surface area contributed by atoms with E-state index < -0.39 is 17.5 Å². The van der Waals surface area contributed by atoms with Crippen LogP contribution in [0.2, 0.25) is 0 Å². The van der Waals surface area contributed by atoms with Crippen LogP contribution in [0.25, 0.3) is 0 Å². The molecule has 0 saturated carbocycles. The molecular weight excluding hydrogens is 200 g/mol. The summed E-state index contributed by atoms with van der Waals surface area (Å²) in [7, 11) is 0. The van der Waals surface area contributed by atoms with Gasteiger partial charge in [-0.1, -0.05) is 13.3 Å². The predicted octanol–water partition coefficient (Wildman–Crippen LogP) is 2.49. The van der Waals surface area contributed by atoms with Crippen LogP contribution in [-0.2, 0) is 0 Å². The number of unbranched alkanes of at least 4 members (excludes halogenated alkanes) is 1. The molecule has 82 valence electrons. The zero-order valence-corrected chi connectivity index (χ0v) is 8.52. The summed E-state index contributed by atoms with van der Waals surface area (Å²) in [5, 5.41) is 2.58. The fraction of sp³-hybridized carbons (Fsp3) is 0.364. The van der Waals surface area contributed by atoms with Gasteiger partial charge in [0.25, 0.3) is 5.91 Å². The molecule has 0 fully saturated rings. The molecule has 0 aliphatic rings. The fourth-order valence-electron chi connectivity index (χ4n) is 1.17. The zero-order valence-electron chi connectivity index (χ0n) is 8.52. The third-order valence-electron chi connectivity index (χ3n) is 1.94. The van der Waals surface area contributed by atoms with Crippen LogP contribution in [0, 0.1) is 11.6 Å². The van der Waals surface area contributed by atoms with E-state index in [0.29, 0.717) is 6.54 Å². The van der Waals surface area contributed by atoms with Gasteiger partial charge >= 0.3 is 0 Å². The number of amides is 1. The van der Waals surface area contributed by atoms with Crippen LogP contribution in [0.1, 0.15) is 30.1 Å². The van der Waals surface area contributed by atoms with E-state index in [9.17, 15) is 13.6 Å². The molecule has 0 saturated heterocycles. The summed E-state index contributed by atoms with van der Waals surface area (Å²) in [6.07, 6.45) is 1.81. The number of halogens is 2. The topological polar surface area (TPSA) is 29.1 Å². The minimum Gasteiger partial charge on any atom is -0.352 e. The number of rotatable bonds is 4. The van der Waals surface area contributed by atoms with E-state index in [1.165, 1.54) is 0 Å². The van der Waals surface area contributed by atoms with Gasteiger partial charge in [-0.3, -0.25) is 4.79 Å². The Balaban J connectivity index is 2.65. The summed E-state index contributed by atoms with van der Waals surface area (Å²) in [4.78, 5) is 11.4. The van der Waals surface area contributed by atoms with E-state index in [0.717, 1.165) is 31.0 Å². The molecule has 0 heterocycles. The second-order valence-electron chi connectivity index (χ2n) is 3.27. The number of hydrogen-bond donors (Lipinski definition) is 1. The molecule has 0 aliphatic carbocycles. The van der Waals surface area contributed by atoms with Crippen LogP contribution in [0.4, 0.5) is 8.78 Å². The standard InChI is InChI=1S/C11H13F2NO/c1-2-3-4-14-11(15)8-5-9(12)7-10(13)6-8/h5-7H,2-4H2,1H3,(H,14,15). The predicted molar refractivity (Wildman–Crippen MR) is 53.6 cm³/mol. The lowest BCUT2D eigenvalue weighted by molar-refractivity contribution is 0.0952. The molecule has 0 unspecified atom stereocenters. The minimum absolute atomic E-state index is 0.0172. The van der Waals surface area contributed by atoms with Gasteiger partial charge in [0, 0.05) is 18.2 Å². The van der Waals surface area contributed by atoms with Gasteiger partial charge in [0.2, 0.25) is 0 Å². The maximum absolute atomic E-state index is 12.8. The highest BCUT2D eigenvalue weighted by Crippen LogP contribution is 2.07. The Morgan fingerprint density at radius 1 is 1.27 bits per heavy atom. The molecule has 1 aromatic carbocycles. The molecule has 0 radical (unpaired) electrons. The molecule has 4 heteroatoms. The van der Waals surface area contributed by atoms with Gasteiger partial charge in [0.1, 0.15) is 11.6 Å². The van der Waals surface area contributed by atoms with Gasteiger partial charge in [0.15, 0.2) is 0 Å². The van der Waals surface area contributed by atoms with Crippen molar-refractivity contribution in [1.82, 2.24) is 5.32 Å². The van der Waals surface area contributed by atoms with E-state index in [1.54, 1.807) is 0 Å². The molecule has 0 atom stereocenters. The number of hydrogen-bond acceptors (Lipinski definition) is 1. The van der Waals surface area contributed by atoms with Crippen LogP contribution < -0.4 is 5.32 Å². The van der Waals surface area contributed by atoms with Crippen molar-refractivity contribution in [1.29, 1.82) is 0 Å². The molecule has 0 bridgehead atoms. The van der Waals surface area contributed by atoms with E-state index in [4.69, 9.17) is 0 Å². The van der Waals surface area contributed by atoms with Crippen molar-refractivity contribution in [2.75, 3.05) is 6.54 Å². The zero-order chi connectivity index (χ0) is 11.3. The monoisotopic (exact) mass is 213 g/mol. The van der Waals surface area contributed by atoms with Crippen molar-refractivity contribution in [2.24, 2.45) is 0 Å². The molecule has 1 aromatic rings. The van der Waals surface area contributed by atoms with Crippen LogP contribution in [0.3, 0.4) is 0 Å². The van der Waals surface area contributed by atoms with Crippen LogP contribution in [0.5, 0.6) is 0 Å². The summed E-state index contributed by atoms with van der Waals surface area (Å²) < 4.78 is 25.5. The van der Waals surface area contributed by atoms with Gasteiger partial charge in [0.05, 0.1) is 0 Å². The molecular formula is C11H13F2NO.